The fourth-order valence-electron chi connectivity index (χ4n) is 4.59. The number of rotatable bonds is 3. The van der Waals surface area contributed by atoms with Crippen LogP contribution in [0.1, 0.15) is 59.3 Å². The Hall–Kier alpha value is -2.53. The Morgan fingerprint density at radius 3 is 2.79 bits per heavy atom. The molecule has 3 atom stereocenters. The number of aromatic amines is 1. The molecule has 5 nitrogen and oxygen atoms in total. The van der Waals surface area contributed by atoms with E-state index in [9.17, 15) is 9.90 Å². The van der Waals surface area contributed by atoms with Gasteiger partial charge in [-0.2, -0.15) is 5.10 Å². The summed E-state index contributed by atoms with van der Waals surface area (Å²) in [7, 11) is 1.75. The molecule has 1 aliphatic carbocycles. The number of phenols is 1. The summed E-state index contributed by atoms with van der Waals surface area (Å²) < 4.78 is 0. The molecule has 1 amide bonds. The van der Waals surface area contributed by atoms with E-state index in [0.29, 0.717) is 11.6 Å². The molecule has 146 valence electrons. The smallest absolute Gasteiger partial charge is 0.276 e. The number of hydrogen-bond acceptors (Lipinski definition) is 3. The van der Waals surface area contributed by atoms with Crippen molar-refractivity contribution in [3.05, 3.63) is 52.8 Å². The molecule has 28 heavy (non-hydrogen) atoms. The number of aromatic nitrogens is 2. The normalized spacial score (nSPS) is 19.6. The number of amides is 1. The number of benzene rings is 2. The van der Waals surface area contributed by atoms with Crippen molar-refractivity contribution in [2.45, 2.75) is 44.4 Å². The zero-order chi connectivity index (χ0) is 20.2. The second kappa shape index (κ2) is 6.82. The molecule has 1 aliphatic rings. The first-order valence-electron chi connectivity index (χ1n) is 9.51. The fraction of sp³-hybridized carbons (Fsp3) is 0.364. The van der Waals surface area contributed by atoms with E-state index in [4.69, 9.17) is 11.6 Å². The van der Waals surface area contributed by atoms with Gasteiger partial charge in [0.25, 0.3) is 5.91 Å². The van der Waals surface area contributed by atoms with Crippen LogP contribution in [0.5, 0.6) is 5.75 Å². The molecule has 0 fully saturated rings. The summed E-state index contributed by atoms with van der Waals surface area (Å²) in [5.41, 5.74) is 4.58. The van der Waals surface area contributed by atoms with E-state index in [1.54, 1.807) is 24.2 Å². The van der Waals surface area contributed by atoms with Gasteiger partial charge in [0, 0.05) is 35.6 Å². The highest BCUT2D eigenvalue weighted by molar-refractivity contribution is 6.21. The second-order valence-corrected chi connectivity index (χ2v) is 8.47. The highest BCUT2D eigenvalue weighted by Gasteiger charge is 2.34. The lowest BCUT2D eigenvalue weighted by molar-refractivity contribution is 0.0988. The predicted octanol–water partition coefficient (Wildman–Crippen LogP) is 5.07. The second-order valence-electron chi connectivity index (χ2n) is 7.79. The van der Waals surface area contributed by atoms with Crippen molar-refractivity contribution in [3.8, 4) is 5.75 Å². The minimum atomic E-state index is -0.160. The number of aryl methyl sites for hydroxylation is 1. The fourth-order valence-corrected chi connectivity index (χ4v) is 4.82. The van der Waals surface area contributed by atoms with Crippen molar-refractivity contribution in [1.82, 2.24) is 10.2 Å². The topological polar surface area (TPSA) is 69.2 Å². The molecule has 6 heteroatoms. The van der Waals surface area contributed by atoms with Crippen molar-refractivity contribution >= 4 is 34.0 Å². The standard InChI is InChI=1S/C22H24ClN3O2/c1-11-9-16(13(3)23)21-15(11)10-19(27)14-5-6-18(12(2)20(14)21)26(4)22(28)17-7-8-24-25-17/h5-8,10-11,13,16,27H,9H2,1-4H3,(H,24,25). The zero-order valence-corrected chi connectivity index (χ0v) is 17.2. The first-order chi connectivity index (χ1) is 13.3. The first kappa shape index (κ1) is 18.8. The lowest BCUT2D eigenvalue weighted by Crippen LogP contribution is -2.27. The number of hydrogen-bond donors (Lipinski definition) is 2. The number of halogens is 1. The molecule has 0 aliphatic heterocycles. The summed E-state index contributed by atoms with van der Waals surface area (Å²) in [5, 5.41) is 19.1. The Kier molecular flexibility index (Phi) is 4.58. The van der Waals surface area contributed by atoms with Crippen molar-refractivity contribution in [2.24, 2.45) is 0 Å². The summed E-state index contributed by atoms with van der Waals surface area (Å²) in [5.74, 6) is 0.675. The number of carbonyl (C=O) groups is 1. The van der Waals surface area contributed by atoms with Crippen LogP contribution in [-0.2, 0) is 0 Å². The van der Waals surface area contributed by atoms with Gasteiger partial charge in [0.2, 0.25) is 0 Å². The van der Waals surface area contributed by atoms with Crippen LogP contribution in [0, 0.1) is 6.92 Å². The third-order valence-corrected chi connectivity index (χ3v) is 6.35. The summed E-state index contributed by atoms with van der Waals surface area (Å²) in [6.07, 6.45) is 2.53. The predicted molar refractivity (Wildman–Crippen MR) is 113 cm³/mol. The molecule has 2 aromatic carbocycles. The largest absolute Gasteiger partial charge is 0.507 e. The van der Waals surface area contributed by atoms with E-state index < -0.39 is 0 Å². The Morgan fingerprint density at radius 2 is 2.14 bits per heavy atom. The van der Waals surface area contributed by atoms with Crippen LogP contribution in [-0.4, -0.2) is 33.6 Å². The maximum atomic E-state index is 12.8. The van der Waals surface area contributed by atoms with Crippen molar-refractivity contribution in [2.75, 3.05) is 11.9 Å². The Labute approximate surface area is 169 Å². The molecule has 2 N–H and O–H groups in total. The SMILES string of the molecule is Cc1c(N(C)C(=O)c2ccn[nH]2)ccc2c(O)cc3c(c12)C(C(C)Cl)CC3C. The van der Waals surface area contributed by atoms with Crippen molar-refractivity contribution in [1.29, 1.82) is 0 Å². The van der Waals surface area contributed by atoms with Crippen LogP contribution in [0.25, 0.3) is 10.8 Å². The Morgan fingerprint density at radius 1 is 1.39 bits per heavy atom. The molecular weight excluding hydrogens is 374 g/mol. The minimum Gasteiger partial charge on any atom is -0.507 e. The summed E-state index contributed by atoms with van der Waals surface area (Å²) in [4.78, 5) is 14.4. The van der Waals surface area contributed by atoms with Gasteiger partial charge < -0.3 is 10.0 Å². The monoisotopic (exact) mass is 397 g/mol. The highest BCUT2D eigenvalue weighted by Crippen LogP contribution is 2.51. The van der Waals surface area contributed by atoms with Gasteiger partial charge in [0.15, 0.2) is 0 Å². The first-order valence-corrected chi connectivity index (χ1v) is 9.95. The van der Waals surface area contributed by atoms with E-state index in [1.165, 1.54) is 5.56 Å². The van der Waals surface area contributed by atoms with Crippen LogP contribution in [0.4, 0.5) is 5.69 Å². The van der Waals surface area contributed by atoms with E-state index in [-0.39, 0.29) is 23.0 Å². The van der Waals surface area contributed by atoms with E-state index in [1.807, 2.05) is 32.0 Å². The number of nitrogens with one attached hydrogen (secondary N) is 1. The van der Waals surface area contributed by atoms with E-state index in [2.05, 4.69) is 17.1 Å². The number of nitrogens with zero attached hydrogens (tertiary/aromatic N) is 2. The van der Waals surface area contributed by atoms with Gasteiger partial charge in [0.1, 0.15) is 11.4 Å². The van der Waals surface area contributed by atoms with Crippen LogP contribution < -0.4 is 4.90 Å². The zero-order valence-electron chi connectivity index (χ0n) is 16.5. The van der Waals surface area contributed by atoms with Gasteiger partial charge in [-0.3, -0.25) is 9.89 Å². The van der Waals surface area contributed by atoms with Gasteiger partial charge >= 0.3 is 0 Å². The van der Waals surface area contributed by atoms with Crippen molar-refractivity contribution < 1.29 is 9.90 Å². The molecule has 3 aromatic rings. The Bertz CT molecular complexity index is 1060. The molecule has 0 radical (unpaired) electrons. The quantitative estimate of drug-likeness (QED) is 0.606. The number of H-pyrrole nitrogens is 1. The molecule has 4 rings (SSSR count). The lowest BCUT2D eigenvalue weighted by atomic mass is 9.89. The number of anilines is 1. The van der Waals surface area contributed by atoms with Crippen LogP contribution in [0.2, 0.25) is 0 Å². The van der Waals surface area contributed by atoms with E-state index >= 15 is 0 Å². The van der Waals surface area contributed by atoms with Crippen LogP contribution >= 0.6 is 11.6 Å². The van der Waals surface area contributed by atoms with Crippen molar-refractivity contribution in [3.63, 3.8) is 0 Å². The lowest BCUT2D eigenvalue weighted by Gasteiger charge is -2.23. The maximum absolute atomic E-state index is 12.8. The summed E-state index contributed by atoms with van der Waals surface area (Å²) in [6.45, 7) is 6.21. The molecule has 0 saturated heterocycles. The molecule has 0 spiro atoms. The number of alkyl halides is 1. The molecular formula is C22H24ClN3O2. The average Bonchev–Trinajstić information content (AvgIpc) is 3.30. The van der Waals surface area contributed by atoms with E-state index in [0.717, 1.165) is 34.0 Å². The minimum absolute atomic E-state index is 0.0103. The van der Waals surface area contributed by atoms with Crippen LogP contribution in [0.15, 0.2) is 30.5 Å². The van der Waals surface area contributed by atoms with Crippen LogP contribution in [0.3, 0.4) is 0 Å². The highest BCUT2D eigenvalue weighted by atomic mass is 35.5. The summed E-state index contributed by atoms with van der Waals surface area (Å²) in [6, 6.07) is 7.32. The number of aromatic hydroxyl groups is 1. The number of phenolic OH excluding ortho intramolecular Hbond substituents is 1. The molecule has 1 aromatic heterocycles. The van der Waals surface area contributed by atoms with Gasteiger partial charge in [-0.1, -0.05) is 6.92 Å². The third kappa shape index (κ3) is 2.76. The average molecular weight is 398 g/mol. The maximum Gasteiger partial charge on any atom is 0.276 e. The molecule has 3 unspecified atom stereocenters. The molecule has 0 bridgehead atoms. The number of carbonyl (C=O) groups excluding carboxylic acids is 1. The third-order valence-electron chi connectivity index (χ3n) is 6.05. The van der Waals surface area contributed by atoms with Gasteiger partial charge in [-0.15, -0.1) is 11.6 Å². The van der Waals surface area contributed by atoms with Gasteiger partial charge in [-0.05, 0) is 72.5 Å². The number of fused-ring (bicyclic) bond motifs is 3. The van der Waals surface area contributed by atoms with Gasteiger partial charge in [-0.25, -0.2) is 0 Å². The Balaban J connectivity index is 1.94. The molecule has 0 saturated carbocycles. The van der Waals surface area contributed by atoms with Gasteiger partial charge in [0.05, 0.1) is 0 Å². The summed E-state index contributed by atoms with van der Waals surface area (Å²) >= 11 is 6.55. The molecule has 1 heterocycles.